The Balaban J connectivity index is 2.56. The Morgan fingerprint density at radius 1 is 1.27 bits per heavy atom. The molecule has 1 atom stereocenters. The molecule has 2 heteroatoms. The summed E-state index contributed by atoms with van der Waals surface area (Å²) in [5, 5.41) is 19.1. The van der Waals surface area contributed by atoms with Crippen molar-refractivity contribution in [2.24, 2.45) is 5.92 Å². The molecule has 1 rings (SSSR count). The molecule has 1 aliphatic carbocycles. The van der Waals surface area contributed by atoms with Gasteiger partial charge in [-0.3, -0.25) is 0 Å². The monoisotopic (exact) mass is 158 g/mol. The molecule has 0 aromatic rings. The van der Waals surface area contributed by atoms with Gasteiger partial charge in [-0.05, 0) is 19.3 Å². The van der Waals surface area contributed by atoms with E-state index in [1.54, 1.807) is 0 Å². The first kappa shape index (κ1) is 9.01. The van der Waals surface area contributed by atoms with Crippen LogP contribution in [0.5, 0.6) is 0 Å². The van der Waals surface area contributed by atoms with Crippen molar-refractivity contribution >= 4 is 0 Å². The zero-order valence-electron chi connectivity index (χ0n) is 7.21. The molecule has 0 amide bonds. The lowest BCUT2D eigenvalue weighted by atomic mass is 9.91. The average Bonchev–Trinajstić information content (AvgIpc) is 2.10. The van der Waals surface area contributed by atoms with Gasteiger partial charge >= 0.3 is 0 Å². The van der Waals surface area contributed by atoms with Crippen LogP contribution in [0.25, 0.3) is 0 Å². The molecule has 0 saturated heterocycles. The minimum atomic E-state index is -1.37. The van der Waals surface area contributed by atoms with Crippen molar-refractivity contribution in [3.05, 3.63) is 0 Å². The number of rotatable bonds is 1. The Morgan fingerprint density at radius 2 is 2.00 bits per heavy atom. The smallest absolute Gasteiger partial charge is 0.165 e. The SMILES string of the molecule is CCC1CCCCCC1(O)O. The lowest BCUT2D eigenvalue weighted by molar-refractivity contribution is -0.203. The molecule has 0 aromatic carbocycles. The summed E-state index contributed by atoms with van der Waals surface area (Å²) in [5.41, 5.74) is 0. The normalized spacial score (nSPS) is 31.4. The van der Waals surface area contributed by atoms with Crippen LogP contribution in [0.2, 0.25) is 0 Å². The van der Waals surface area contributed by atoms with Crippen LogP contribution in [0, 0.1) is 5.92 Å². The Kier molecular flexibility index (Phi) is 2.90. The van der Waals surface area contributed by atoms with Crippen molar-refractivity contribution < 1.29 is 10.2 Å². The second-order valence-corrected chi connectivity index (χ2v) is 3.58. The van der Waals surface area contributed by atoms with Gasteiger partial charge in [0.2, 0.25) is 0 Å². The van der Waals surface area contributed by atoms with Gasteiger partial charge in [0, 0.05) is 12.3 Å². The summed E-state index contributed by atoms with van der Waals surface area (Å²) in [6.45, 7) is 2.02. The summed E-state index contributed by atoms with van der Waals surface area (Å²) in [6.07, 6.45) is 5.69. The molecule has 0 heterocycles. The van der Waals surface area contributed by atoms with Gasteiger partial charge in [-0.1, -0.05) is 19.8 Å². The lowest BCUT2D eigenvalue weighted by Crippen LogP contribution is -2.36. The van der Waals surface area contributed by atoms with Gasteiger partial charge in [0.15, 0.2) is 5.79 Å². The van der Waals surface area contributed by atoms with Crippen molar-refractivity contribution in [1.29, 1.82) is 0 Å². The summed E-state index contributed by atoms with van der Waals surface area (Å²) in [7, 11) is 0. The first-order chi connectivity index (χ1) is 5.17. The molecule has 0 aromatic heterocycles. The third-order valence-electron chi connectivity index (χ3n) is 2.74. The highest BCUT2D eigenvalue weighted by Gasteiger charge is 2.33. The van der Waals surface area contributed by atoms with Crippen LogP contribution < -0.4 is 0 Å². The minimum absolute atomic E-state index is 0.102. The van der Waals surface area contributed by atoms with Crippen LogP contribution in [-0.4, -0.2) is 16.0 Å². The highest BCUT2D eigenvalue weighted by atomic mass is 16.5. The zero-order valence-corrected chi connectivity index (χ0v) is 7.21. The van der Waals surface area contributed by atoms with Crippen LogP contribution >= 0.6 is 0 Å². The Hall–Kier alpha value is -0.0800. The Bertz CT molecular complexity index is 121. The zero-order chi connectivity index (χ0) is 8.32. The van der Waals surface area contributed by atoms with Gasteiger partial charge in [-0.2, -0.15) is 0 Å². The van der Waals surface area contributed by atoms with Gasteiger partial charge in [0.1, 0.15) is 0 Å². The van der Waals surface area contributed by atoms with E-state index in [-0.39, 0.29) is 5.92 Å². The summed E-state index contributed by atoms with van der Waals surface area (Å²) < 4.78 is 0. The maximum atomic E-state index is 9.57. The maximum absolute atomic E-state index is 9.57. The van der Waals surface area contributed by atoms with Crippen LogP contribution in [0.1, 0.15) is 45.4 Å². The predicted molar refractivity (Wildman–Crippen MR) is 44.0 cm³/mol. The van der Waals surface area contributed by atoms with Crippen molar-refractivity contribution in [2.75, 3.05) is 0 Å². The van der Waals surface area contributed by atoms with Crippen molar-refractivity contribution in [3.8, 4) is 0 Å². The maximum Gasteiger partial charge on any atom is 0.165 e. The summed E-state index contributed by atoms with van der Waals surface area (Å²) >= 11 is 0. The quantitative estimate of drug-likeness (QED) is 0.450. The third kappa shape index (κ3) is 2.17. The molecule has 1 saturated carbocycles. The fourth-order valence-corrected chi connectivity index (χ4v) is 1.92. The van der Waals surface area contributed by atoms with E-state index in [0.717, 1.165) is 32.1 Å². The van der Waals surface area contributed by atoms with Gasteiger partial charge in [0.05, 0.1) is 0 Å². The number of hydrogen-bond acceptors (Lipinski definition) is 2. The van der Waals surface area contributed by atoms with Gasteiger partial charge in [-0.25, -0.2) is 0 Å². The topological polar surface area (TPSA) is 40.5 Å². The first-order valence-corrected chi connectivity index (χ1v) is 4.61. The van der Waals surface area contributed by atoms with Gasteiger partial charge < -0.3 is 10.2 Å². The van der Waals surface area contributed by atoms with Crippen molar-refractivity contribution in [2.45, 2.75) is 51.2 Å². The first-order valence-electron chi connectivity index (χ1n) is 4.61. The van der Waals surface area contributed by atoms with E-state index >= 15 is 0 Å². The molecule has 2 nitrogen and oxygen atoms in total. The minimum Gasteiger partial charge on any atom is -0.365 e. The molecule has 2 N–H and O–H groups in total. The molecule has 0 spiro atoms. The molecule has 11 heavy (non-hydrogen) atoms. The number of aliphatic hydroxyl groups is 2. The fraction of sp³-hybridized carbons (Fsp3) is 1.00. The van der Waals surface area contributed by atoms with E-state index in [1.807, 2.05) is 6.92 Å². The molecular weight excluding hydrogens is 140 g/mol. The molecule has 0 aliphatic heterocycles. The van der Waals surface area contributed by atoms with Crippen molar-refractivity contribution in [1.82, 2.24) is 0 Å². The Labute approximate surface area is 68.2 Å². The number of hydrogen-bond donors (Lipinski definition) is 2. The second-order valence-electron chi connectivity index (χ2n) is 3.58. The fourth-order valence-electron chi connectivity index (χ4n) is 1.92. The average molecular weight is 158 g/mol. The van der Waals surface area contributed by atoms with E-state index in [1.165, 1.54) is 0 Å². The molecule has 1 unspecified atom stereocenters. The van der Waals surface area contributed by atoms with Crippen LogP contribution in [0.4, 0.5) is 0 Å². The standard InChI is InChI=1S/C9H18O2/c1-2-8-6-4-3-5-7-9(8,10)11/h8,10-11H,2-7H2,1H3. The predicted octanol–water partition coefficient (Wildman–Crippen LogP) is 1.66. The Morgan fingerprint density at radius 3 is 2.64 bits per heavy atom. The summed E-state index contributed by atoms with van der Waals surface area (Å²) in [6, 6.07) is 0. The lowest BCUT2D eigenvalue weighted by Gasteiger charge is -2.28. The largest absolute Gasteiger partial charge is 0.365 e. The van der Waals surface area contributed by atoms with Crippen LogP contribution in [0.3, 0.4) is 0 Å². The molecule has 0 radical (unpaired) electrons. The van der Waals surface area contributed by atoms with E-state index < -0.39 is 5.79 Å². The molecule has 66 valence electrons. The molecular formula is C9H18O2. The third-order valence-corrected chi connectivity index (χ3v) is 2.74. The van der Waals surface area contributed by atoms with E-state index in [4.69, 9.17) is 0 Å². The molecule has 1 aliphatic rings. The second kappa shape index (κ2) is 3.55. The highest BCUT2D eigenvalue weighted by molar-refractivity contribution is 4.77. The van der Waals surface area contributed by atoms with E-state index in [0.29, 0.717) is 6.42 Å². The molecule has 0 bridgehead atoms. The summed E-state index contributed by atoms with van der Waals surface area (Å²) in [5.74, 6) is -1.27. The van der Waals surface area contributed by atoms with E-state index in [2.05, 4.69) is 0 Å². The van der Waals surface area contributed by atoms with Crippen LogP contribution in [0.15, 0.2) is 0 Å². The summed E-state index contributed by atoms with van der Waals surface area (Å²) in [4.78, 5) is 0. The highest BCUT2D eigenvalue weighted by Crippen LogP contribution is 2.32. The van der Waals surface area contributed by atoms with Gasteiger partial charge in [0.25, 0.3) is 0 Å². The van der Waals surface area contributed by atoms with Crippen LogP contribution in [-0.2, 0) is 0 Å². The molecule has 1 fully saturated rings. The van der Waals surface area contributed by atoms with E-state index in [9.17, 15) is 10.2 Å². The van der Waals surface area contributed by atoms with Crippen molar-refractivity contribution in [3.63, 3.8) is 0 Å². The van der Waals surface area contributed by atoms with Gasteiger partial charge in [-0.15, -0.1) is 0 Å².